The van der Waals surface area contributed by atoms with Gasteiger partial charge in [0.05, 0.1) is 5.69 Å². The minimum atomic E-state index is -0.589. The summed E-state index contributed by atoms with van der Waals surface area (Å²) in [7, 11) is 0. The van der Waals surface area contributed by atoms with Gasteiger partial charge in [0.1, 0.15) is 5.82 Å². The summed E-state index contributed by atoms with van der Waals surface area (Å²) >= 11 is 0. The Morgan fingerprint density at radius 2 is 1.95 bits per heavy atom. The summed E-state index contributed by atoms with van der Waals surface area (Å²) in [6.07, 6.45) is 0. The van der Waals surface area contributed by atoms with Crippen molar-refractivity contribution < 1.29 is 9.18 Å². The monoisotopic (exact) mass is 272 g/mol. The lowest BCUT2D eigenvalue weighted by Gasteiger charge is -2.10. The first kappa shape index (κ1) is 14.1. The smallest absolute Gasteiger partial charge is 0.255 e. The second-order valence-corrected chi connectivity index (χ2v) is 4.97. The fourth-order valence-corrected chi connectivity index (χ4v) is 1.85. The Kier molecular flexibility index (Phi) is 4.03. The van der Waals surface area contributed by atoms with Gasteiger partial charge in [-0.3, -0.25) is 4.79 Å². The van der Waals surface area contributed by atoms with E-state index in [0.717, 1.165) is 11.6 Å². The average Bonchev–Trinajstić information content (AvgIpc) is 2.42. The standard InChI is InChI=1S/C16H17FN2O/c1-10(2)11-4-3-5-13(8-11)19-16(20)12-6-7-15(18)14(17)9-12/h3-10H,18H2,1-2H3,(H,19,20). The molecule has 2 rings (SSSR count). The summed E-state index contributed by atoms with van der Waals surface area (Å²) < 4.78 is 13.3. The minimum Gasteiger partial charge on any atom is -0.396 e. The molecule has 0 fully saturated rings. The van der Waals surface area contributed by atoms with Crippen LogP contribution in [0.3, 0.4) is 0 Å². The Labute approximate surface area is 117 Å². The first-order chi connectivity index (χ1) is 9.47. The van der Waals surface area contributed by atoms with Gasteiger partial charge in [-0.2, -0.15) is 0 Å². The number of hydrogen-bond donors (Lipinski definition) is 2. The SMILES string of the molecule is CC(C)c1cccc(NC(=O)c2ccc(N)c(F)c2)c1. The number of amides is 1. The molecule has 0 saturated heterocycles. The topological polar surface area (TPSA) is 55.1 Å². The zero-order valence-electron chi connectivity index (χ0n) is 11.5. The molecule has 104 valence electrons. The second kappa shape index (κ2) is 5.74. The van der Waals surface area contributed by atoms with Gasteiger partial charge in [0.2, 0.25) is 0 Å². The van der Waals surface area contributed by atoms with Crippen LogP contribution in [0.5, 0.6) is 0 Å². The highest BCUT2D eigenvalue weighted by Crippen LogP contribution is 2.19. The molecule has 3 nitrogen and oxygen atoms in total. The van der Waals surface area contributed by atoms with Crippen LogP contribution < -0.4 is 11.1 Å². The first-order valence-electron chi connectivity index (χ1n) is 6.43. The lowest BCUT2D eigenvalue weighted by atomic mass is 10.0. The van der Waals surface area contributed by atoms with E-state index < -0.39 is 5.82 Å². The van der Waals surface area contributed by atoms with Crippen LogP contribution >= 0.6 is 0 Å². The molecule has 2 aromatic carbocycles. The van der Waals surface area contributed by atoms with Crippen molar-refractivity contribution in [2.75, 3.05) is 11.1 Å². The molecular weight excluding hydrogens is 255 g/mol. The molecule has 0 aliphatic rings. The molecule has 2 aromatic rings. The van der Waals surface area contributed by atoms with Crippen LogP contribution in [0.15, 0.2) is 42.5 Å². The molecule has 20 heavy (non-hydrogen) atoms. The van der Waals surface area contributed by atoms with Gasteiger partial charge in [0.25, 0.3) is 5.91 Å². The number of hydrogen-bond acceptors (Lipinski definition) is 2. The molecule has 0 bridgehead atoms. The van der Waals surface area contributed by atoms with E-state index in [1.807, 2.05) is 18.2 Å². The van der Waals surface area contributed by atoms with Crippen molar-refractivity contribution in [2.24, 2.45) is 0 Å². The maximum atomic E-state index is 13.3. The van der Waals surface area contributed by atoms with Crippen LogP contribution in [-0.4, -0.2) is 5.91 Å². The average molecular weight is 272 g/mol. The third kappa shape index (κ3) is 3.15. The molecule has 0 saturated carbocycles. The fraction of sp³-hybridized carbons (Fsp3) is 0.188. The molecule has 0 aliphatic carbocycles. The maximum Gasteiger partial charge on any atom is 0.255 e. The molecule has 1 amide bonds. The number of nitrogen functional groups attached to an aromatic ring is 1. The van der Waals surface area contributed by atoms with E-state index in [-0.39, 0.29) is 17.2 Å². The summed E-state index contributed by atoms with van der Waals surface area (Å²) in [5, 5.41) is 2.75. The first-order valence-corrected chi connectivity index (χ1v) is 6.43. The number of nitrogens with two attached hydrogens (primary N) is 1. The molecule has 0 radical (unpaired) electrons. The molecule has 0 aliphatic heterocycles. The van der Waals surface area contributed by atoms with Crippen molar-refractivity contribution in [3.05, 3.63) is 59.4 Å². The van der Waals surface area contributed by atoms with Gasteiger partial charge in [-0.05, 0) is 41.8 Å². The lowest BCUT2D eigenvalue weighted by molar-refractivity contribution is 0.102. The Balaban J connectivity index is 2.19. The number of rotatable bonds is 3. The van der Waals surface area contributed by atoms with Gasteiger partial charge in [-0.15, -0.1) is 0 Å². The number of benzene rings is 2. The van der Waals surface area contributed by atoms with Crippen LogP contribution in [0.4, 0.5) is 15.8 Å². The van der Waals surface area contributed by atoms with Gasteiger partial charge in [-0.1, -0.05) is 26.0 Å². The van der Waals surface area contributed by atoms with Crippen LogP contribution in [0, 0.1) is 5.82 Å². The van der Waals surface area contributed by atoms with E-state index in [1.165, 1.54) is 12.1 Å². The molecule has 0 aromatic heterocycles. The van der Waals surface area contributed by atoms with Gasteiger partial charge >= 0.3 is 0 Å². The highest BCUT2D eigenvalue weighted by Gasteiger charge is 2.09. The lowest BCUT2D eigenvalue weighted by Crippen LogP contribution is -2.12. The van der Waals surface area contributed by atoms with Crippen LogP contribution in [0.25, 0.3) is 0 Å². The van der Waals surface area contributed by atoms with Crippen molar-refractivity contribution in [2.45, 2.75) is 19.8 Å². The Bertz CT molecular complexity index is 638. The summed E-state index contributed by atoms with van der Waals surface area (Å²) in [6, 6.07) is 11.6. The van der Waals surface area contributed by atoms with Crippen LogP contribution in [0.1, 0.15) is 35.7 Å². The van der Waals surface area contributed by atoms with Crippen molar-refractivity contribution in [1.29, 1.82) is 0 Å². The third-order valence-corrected chi connectivity index (χ3v) is 3.07. The number of nitrogens with one attached hydrogen (secondary N) is 1. The largest absolute Gasteiger partial charge is 0.396 e. The van der Waals surface area contributed by atoms with Crippen LogP contribution in [-0.2, 0) is 0 Å². The fourth-order valence-electron chi connectivity index (χ4n) is 1.85. The van der Waals surface area contributed by atoms with Crippen molar-refractivity contribution in [3.63, 3.8) is 0 Å². The van der Waals surface area contributed by atoms with E-state index >= 15 is 0 Å². The van der Waals surface area contributed by atoms with E-state index in [0.29, 0.717) is 11.6 Å². The van der Waals surface area contributed by atoms with E-state index in [9.17, 15) is 9.18 Å². The van der Waals surface area contributed by atoms with Crippen molar-refractivity contribution in [3.8, 4) is 0 Å². The Hall–Kier alpha value is -2.36. The number of halogens is 1. The summed E-state index contributed by atoms with van der Waals surface area (Å²) in [5.41, 5.74) is 7.48. The van der Waals surface area contributed by atoms with E-state index in [1.54, 1.807) is 6.07 Å². The predicted octanol–water partition coefficient (Wildman–Crippen LogP) is 3.78. The molecule has 4 heteroatoms. The van der Waals surface area contributed by atoms with Crippen molar-refractivity contribution >= 4 is 17.3 Å². The number of carbonyl (C=O) groups is 1. The van der Waals surface area contributed by atoms with Gasteiger partial charge < -0.3 is 11.1 Å². The Morgan fingerprint density at radius 1 is 1.20 bits per heavy atom. The summed E-state index contributed by atoms with van der Waals surface area (Å²) in [4.78, 5) is 12.0. The third-order valence-electron chi connectivity index (χ3n) is 3.07. The Morgan fingerprint density at radius 3 is 2.60 bits per heavy atom. The quantitative estimate of drug-likeness (QED) is 0.835. The zero-order chi connectivity index (χ0) is 14.7. The van der Waals surface area contributed by atoms with E-state index in [2.05, 4.69) is 19.2 Å². The minimum absolute atomic E-state index is 0.0309. The second-order valence-electron chi connectivity index (χ2n) is 4.97. The van der Waals surface area contributed by atoms with Gasteiger partial charge in [0, 0.05) is 11.3 Å². The maximum absolute atomic E-state index is 13.3. The molecule has 0 unspecified atom stereocenters. The normalized spacial score (nSPS) is 10.6. The predicted molar refractivity (Wildman–Crippen MR) is 79.3 cm³/mol. The van der Waals surface area contributed by atoms with Gasteiger partial charge in [0.15, 0.2) is 0 Å². The highest BCUT2D eigenvalue weighted by atomic mass is 19.1. The number of carbonyl (C=O) groups excluding carboxylic acids is 1. The summed E-state index contributed by atoms with van der Waals surface area (Å²) in [6.45, 7) is 4.16. The molecule has 0 spiro atoms. The van der Waals surface area contributed by atoms with Gasteiger partial charge in [-0.25, -0.2) is 4.39 Å². The van der Waals surface area contributed by atoms with E-state index in [4.69, 9.17) is 5.73 Å². The number of anilines is 2. The molecule has 3 N–H and O–H groups in total. The van der Waals surface area contributed by atoms with Crippen molar-refractivity contribution in [1.82, 2.24) is 0 Å². The molecular formula is C16H17FN2O. The summed E-state index contributed by atoms with van der Waals surface area (Å²) in [5.74, 6) is -0.570. The molecule has 0 atom stereocenters. The highest BCUT2D eigenvalue weighted by molar-refractivity contribution is 6.04. The molecule has 0 heterocycles. The zero-order valence-corrected chi connectivity index (χ0v) is 11.5. The van der Waals surface area contributed by atoms with Crippen LogP contribution in [0.2, 0.25) is 0 Å².